The zero-order valence-corrected chi connectivity index (χ0v) is 14.9. The number of piperazine rings is 1. The summed E-state index contributed by atoms with van der Waals surface area (Å²) in [7, 11) is 0. The standard InChI is InChI=1S/C16H23ClN2.2ClH/c1-12-11-14(17)5-6-15(12)16(13-3-2-4-13)19-9-7-18-8-10-19;;/h5-6,11,13,16,18H,2-4,7-10H2,1H3;2*1H/t16-;;/m0../s1. The molecule has 0 radical (unpaired) electrons. The summed E-state index contributed by atoms with van der Waals surface area (Å²) in [5.74, 6) is 0.845. The maximum absolute atomic E-state index is 6.11. The van der Waals surface area contributed by atoms with Crippen LogP contribution in [0.1, 0.15) is 36.4 Å². The van der Waals surface area contributed by atoms with Gasteiger partial charge in [0.15, 0.2) is 0 Å². The number of nitrogens with zero attached hydrogens (tertiary/aromatic N) is 1. The molecule has 0 aromatic heterocycles. The van der Waals surface area contributed by atoms with Crippen molar-refractivity contribution < 1.29 is 0 Å². The summed E-state index contributed by atoms with van der Waals surface area (Å²) in [6, 6.07) is 7.03. The molecule has 0 spiro atoms. The van der Waals surface area contributed by atoms with E-state index in [-0.39, 0.29) is 24.8 Å². The van der Waals surface area contributed by atoms with Gasteiger partial charge in [-0.25, -0.2) is 0 Å². The fraction of sp³-hybridized carbons (Fsp3) is 0.625. The van der Waals surface area contributed by atoms with Crippen LogP contribution >= 0.6 is 36.4 Å². The van der Waals surface area contributed by atoms with Gasteiger partial charge in [-0.05, 0) is 48.9 Å². The van der Waals surface area contributed by atoms with Crippen LogP contribution in [0.2, 0.25) is 5.02 Å². The third kappa shape index (κ3) is 4.27. The summed E-state index contributed by atoms with van der Waals surface area (Å²) in [4.78, 5) is 2.68. The first kappa shape index (κ1) is 19.1. The third-order valence-corrected chi connectivity index (χ3v) is 4.93. The molecule has 2 fully saturated rings. The molecule has 1 aromatic rings. The molecule has 1 atom stereocenters. The van der Waals surface area contributed by atoms with Gasteiger partial charge in [0.05, 0.1) is 0 Å². The highest BCUT2D eigenvalue weighted by atomic mass is 35.5. The van der Waals surface area contributed by atoms with E-state index >= 15 is 0 Å². The van der Waals surface area contributed by atoms with Crippen LogP contribution in [-0.2, 0) is 0 Å². The molecule has 5 heteroatoms. The smallest absolute Gasteiger partial charge is 0.0408 e. The van der Waals surface area contributed by atoms with Crippen LogP contribution in [0.3, 0.4) is 0 Å². The monoisotopic (exact) mass is 350 g/mol. The predicted molar refractivity (Wildman–Crippen MR) is 95.2 cm³/mol. The van der Waals surface area contributed by atoms with Crippen LogP contribution in [0.4, 0.5) is 0 Å². The van der Waals surface area contributed by atoms with Gasteiger partial charge in [0, 0.05) is 37.2 Å². The number of rotatable bonds is 3. The Morgan fingerprint density at radius 1 is 1.19 bits per heavy atom. The van der Waals surface area contributed by atoms with Crippen molar-refractivity contribution in [2.45, 2.75) is 32.2 Å². The molecule has 2 nitrogen and oxygen atoms in total. The Bertz CT molecular complexity index is 443. The Balaban J connectivity index is 0.00000110. The van der Waals surface area contributed by atoms with Crippen molar-refractivity contribution in [3.8, 4) is 0 Å². The van der Waals surface area contributed by atoms with E-state index in [4.69, 9.17) is 11.6 Å². The molecule has 1 aliphatic heterocycles. The zero-order valence-electron chi connectivity index (χ0n) is 12.5. The molecule has 0 amide bonds. The van der Waals surface area contributed by atoms with Crippen LogP contribution in [0.25, 0.3) is 0 Å². The van der Waals surface area contributed by atoms with Gasteiger partial charge in [0.1, 0.15) is 0 Å². The largest absolute Gasteiger partial charge is 0.314 e. The molecule has 1 aromatic carbocycles. The third-order valence-electron chi connectivity index (χ3n) is 4.69. The van der Waals surface area contributed by atoms with E-state index in [0.29, 0.717) is 6.04 Å². The van der Waals surface area contributed by atoms with Crippen LogP contribution < -0.4 is 5.32 Å². The number of hydrogen-bond acceptors (Lipinski definition) is 2. The van der Waals surface area contributed by atoms with E-state index < -0.39 is 0 Å². The average molecular weight is 352 g/mol. The zero-order chi connectivity index (χ0) is 13.2. The van der Waals surface area contributed by atoms with Gasteiger partial charge >= 0.3 is 0 Å². The van der Waals surface area contributed by atoms with Crippen molar-refractivity contribution in [2.24, 2.45) is 5.92 Å². The summed E-state index contributed by atoms with van der Waals surface area (Å²) in [5.41, 5.74) is 2.85. The predicted octanol–water partition coefficient (Wildman–Crippen LogP) is 4.24. The van der Waals surface area contributed by atoms with Gasteiger partial charge in [-0.1, -0.05) is 24.1 Å². The van der Waals surface area contributed by atoms with Crippen molar-refractivity contribution in [3.05, 3.63) is 34.3 Å². The van der Waals surface area contributed by atoms with E-state index in [1.165, 1.54) is 43.5 Å². The number of halogens is 3. The highest BCUT2D eigenvalue weighted by molar-refractivity contribution is 6.30. The Kier molecular flexibility index (Phi) is 7.80. The minimum absolute atomic E-state index is 0. The minimum atomic E-state index is 0. The van der Waals surface area contributed by atoms with Crippen LogP contribution in [-0.4, -0.2) is 31.1 Å². The van der Waals surface area contributed by atoms with Crippen LogP contribution in [0.5, 0.6) is 0 Å². The quantitative estimate of drug-likeness (QED) is 0.876. The summed E-state index contributed by atoms with van der Waals surface area (Å²) in [5, 5.41) is 4.31. The van der Waals surface area contributed by atoms with Crippen molar-refractivity contribution >= 4 is 36.4 Å². The summed E-state index contributed by atoms with van der Waals surface area (Å²) in [6.45, 7) is 6.78. The average Bonchev–Trinajstić information content (AvgIpc) is 2.35. The second kappa shape index (κ2) is 8.59. The first-order valence-corrected chi connectivity index (χ1v) is 7.84. The fourth-order valence-corrected chi connectivity index (χ4v) is 3.66. The number of hydrogen-bond donors (Lipinski definition) is 1. The highest BCUT2D eigenvalue weighted by Crippen LogP contribution is 2.42. The molecule has 0 unspecified atom stereocenters. The lowest BCUT2D eigenvalue weighted by Gasteiger charge is -2.43. The van der Waals surface area contributed by atoms with E-state index in [0.717, 1.165) is 24.0 Å². The lowest BCUT2D eigenvalue weighted by Crippen LogP contribution is -2.48. The van der Waals surface area contributed by atoms with Crippen molar-refractivity contribution in [1.82, 2.24) is 10.2 Å². The molecular weight excluding hydrogens is 327 g/mol. The highest BCUT2D eigenvalue weighted by Gasteiger charge is 2.34. The number of benzene rings is 1. The summed E-state index contributed by atoms with van der Waals surface area (Å²) >= 11 is 6.11. The Labute approximate surface area is 145 Å². The van der Waals surface area contributed by atoms with Gasteiger partial charge in [0.25, 0.3) is 0 Å². The van der Waals surface area contributed by atoms with Crippen molar-refractivity contribution in [2.75, 3.05) is 26.2 Å². The summed E-state index contributed by atoms with van der Waals surface area (Å²) < 4.78 is 0. The second-order valence-corrected chi connectivity index (χ2v) is 6.36. The first-order valence-electron chi connectivity index (χ1n) is 7.46. The van der Waals surface area contributed by atoms with Crippen molar-refractivity contribution in [1.29, 1.82) is 0 Å². The molecule has 1 saturated heterocycles. The molecule has 120 valence electrons. The normalized spacial score (nSPS) is 20.9. The van der Waals surface area contributed by atoms with E-state index in [9.17, 15) is 0 Å². The molecule has 3 rings (SSSR count). The lowest BCUT2D eigenvalue weighted by molar-refractivity contribution is 0.0833. The number of aryl methyl sites for hydroxylation is 1. The van der Waals surface area contributed by atoms with E-state index in [1.807, 2.05) is 0 Å². The van der Waals surface area contributed by atoms with E-state index in [1.54, 1.807) is 0 Å². The van der Waals surface area contributed by atoms with Gasteiger partial charge < -0.3 is 5.32 Å². The van der Waals surface area contributed by atoms with Gasteiger partial charge in [-0.3, -0.25) is 4.90 Å². The minimum Gasteiger partial charge on any atom is -0.314 e. The maximum atomic E-state index is 6.11. The molecule has 2 aliphatic rings. The summed E-state index contributed by atoms with van der Waals surface area (Å²) in [6.07, 6.45) is 4.17. The molecule has 1 heterocycles. The van der Waals surface area contributed by atoms with Crippen LogP contribution in [0.15, 0.2) is 18.2 Å². The fourth-order valence-electron chi connectivity index (χ4n) is 3.44. The number of nitrogens with one attached hydrogen (secondary N) is 1. The molecule has 1 N–H and O–H groups in total. The van der Waals surface area contributed by atoms with E-state index in [2.05, 4.69) is 35.3 Å². The second-order valence-electron chi connectivity index (χ2n) is 5.92. The SMILES string of the molecule is Cc1cc(Cl)ccc1[C@H](C1CCC1)N1CCNCC1.Cl.Cl. The van der Waals surface area contributed by atoms with Crippen molar-refractivity contribution in [3.63, 3.8) is 0 Å². The van der Waals surface area contributed by atoms with Gasteiger partial charge in [-0.2, -0.15) is 0 Å². The Morgan fingerprint density at radius 3 is 2.38 bits per heavy atom. The molecule has 1 aliphatic carbocycles. The maximum Gasteiger partial charge on any atom is 0.0408 e. The molecule has 21 heavy (non-hydrogen) atoms. The molecule has 0 bridgehead atoms. The molecule has 1 saturated carbocycles. The van der Waals surface area contributed by atoms with Gasteiger partial charge in [-0.15, -0.1) is 24.8 Å². The lowest BCUT2D eigenvalue weighted by atomic mass is 9.75. The van der Waals surface area contributed by atoms with Crippen LogP contribution in [0, 0.1) is 12.8 Å². The topological polar surface area (TPSA) is 15.3 Å². The first-order chi connectivity index (χ1) is 9.25. The Hall–Kier alpha value is 0.01000. The molecular formula is C16H25Cl3N2. The van der Waals surface area contributed by atoms with Gasteiger partial charge in [0.2, 0.25) is 0 Å². The Morgan fingerprint density at radius 2 is 1.86 bits per heavy atom.